The predicted molar refractivity (Wildman–Crippen MR) is 99.0 cm³/mol. The van der Waals surface area contributed by atoms with Gasteiger partial charge in [-0.3, -0.25) is 4.68 Å². The summed E-state index contributed by atoms with van der Waals surface area (Å²) in [6, 6.07) is 12.2. The van der Waals surface area contributed by atoms with E-state index in [1.54, 1.807) is 36.5 Å². The zero-order valence-electron chi connectivity index (χ0n) is 12.8. The molecule has 1 heterocycles. The van der Waals surface area contributed by atoms with Crippen molar-refractivity contribution < 1.29 is 8.78 Å². The van der Waals surface area contributed by atoms with Crippen molar-refractivity contribution in [3.05, 3.63) is 76.9 Å². The van der Waals surface area contributed by atoms with Gasteiger partial charge in [-0.1, -0.05) is 23.7 Å². The Balaban J connectivity index is 1.64. The van der Waals surface area contributed by atoms with Gasteiger partial charge in [-0.25, -0.2) is 8.78 Å². The highest BCUT2D eigenvalue weighted by molar-refractivity contribution is 7.80. The molecule has 0 aliphatic carbocycles. The van der Waals surface area contributed by atoms with E-state index in [0.717, 1.165) is 0 Å². The highest BCUT2D eigenvalue weighted by Crippen LogP contribution is 2.20. The largest absolute Gasteiger partial charge is 0.332 e. The second kappa shape index (κ2) is 7.58. The third-order valence-corrected chi connectivity index (χ3v) is 3.90. The maximum Gasteiger partial charge on any atom is 0.176 e. The molecule has 0 unspecified atom stereocenters. The molecule has 0 atom stereocenters. The highest BCUT2D eigenvalue weighted by atomic mass is 35.5. The summed E-state index contributed by atoms with van der Waals surface area (Å²) in [5.41, 5.74) is 0.884. The average Bonchev–Trinajstić information content (AvgIpc) is 2.98. The molecule has 128 valence electrons. The molecule has 0 radical (unpaired) electrons. The molecule has 3 rings (SSSR count). The van der Waals surface area contributed by atoms with E-state index < -0.39 is 0 Å². The number of nitrogens with zero attached hydrogens (tertiary/aromatic N) is 2. The van der Waals surface area contributed by atoms with Crippen LogP contribution < -0.4 is 10.6 Å². The molecule has 2 N–H and O–H groups in total. The van der Waals surface area contributed by atoms with Gasteiger partial charge >= 0.3 is 0 Å². The van der Waals surface area contributed by atoms with Gasteiger partial charge in [0.1, 0.15) is 11.6 Å². The molecule has 0 saturated heterocycles. The molecule has 0 amide bonds. The van der Waals surface area contributed by atoms with E-state index in [1.165, 1.54) is 22.9 Å². The van der Waals surface area contributed by atoms with Crippen LogP contribution in [0.5, 0.6) is 0 Å². The van der Waals surface area contributed by atoms with Gasteiger partial charge in [-0.15, -0.1) is 0 Å². The van der Waals surface area contributed by atoms with E-state index >= 15 is 0 Å². The lowest BCUT2D eigenvalue weighted by Gasteiger charge is -2.09. The van der Waals surface area contributed by atoms with E-state index in [0.29, 0.717) is 22.1 Å². The number of aromatic nitrogens is 2. The molecule has 0 fully saturated rings. The number of benzene rings is 2. The molecule has 2 aromatic carbocycles. The second-order valence-corrected chi connectivity index (χ2v) is 6.00. The molecule has 25 heavy (non-hydrogen) atoms. The summed E-state index contributed by atoms with van der Waals surface area (Å²) in [5, 5.41) is 10.6. The van der Waals surface area contributed by atoms with Crippen molar-refractivity contribution in [3.8, 4) is 0 Å². The predicted octanol–water partition coefficient (Wildman–Crippen LogP) is 4.67. The van der Waals surface area contributed by atoms with E-state index in [-0.39, 0.29) is 23.3 Å². The molecule has 0 aliphatic rings. The van der Waals surface area contributed by atoms with Crippen molar-refractivity contribution in [2.45, 2.75) is 6.54 Å². The zero-order chi connectivity index (χ0) is 17.8. The molecule has 0 bridgehead atoms. The Bertz CT molecular complexity index is 893. The maximum absolute atomic E-state index is 13.8. The summed E-state index contributed by atoms with van der Waals surface area (Å²) in [6.07, 6.45) is 1.68. The average molecular weight is 379 g/mol. The number of thiocarbonyl (C=S) groups is 1. The van der Waals surface area contributed by atoms with Crippen LogP contribution in [0.4, 0.5) is 20.3 Å². The summed E-state index contributed by atoms with van der Waals surface area (Å²) >= 11 is 11.2. The van der Waals surface area contributed by atoms with Crippen LogP contribution in [0, 0.1) is 11.6 Å². The molecular weight excluding hydrogens is 366 g/mol. The Morgan fingerprint density at radius 1 is 1.12 bits per heavy atom. The Morgan fingerprint density at radius 3 is 2.68 bits per heavy atom. The smallest absolute Gasteiger partial charge is 0.176 e. The van der Waals surface area contributed by atoms with Crippen LogP contribution in [0.15, 0.2) is 54.7 Å². The number of hydrogen-bond donors (Lipinski definition) is 2. The first-order chi connectivity index (χ1) is 12.0. The quantitative estimate of drug-likeness (QED) is 0.647. The van der Waals surface area contributed by atoms with Crippen LogP contribution in [0.1, 0.15) is 5.56 Å². The zero-order valence-corrected chi connectivity index (χ0v) is 14.4. The number of nitrogens with one attached hydrogen (secondary N) is 2. The highest BCUT2D eigenvalue weighted by Gasteiger charge is 2.09. The summed E-state index contributed by atoms with van der Waals surface area (Å²) in [6.45, 7) is 0.192. The van der Waals surface area contributed by atoms with Crippen LogP contribution in [0.25, 0.3) is 0 Å². The maximum atomic E-state index is 13.8. The topological polar surface area (TPSA) is 41.9 Å². The van der Waals surface area contributed by atoms with Gasteiger partial charge in [-0.2, -0.15) is 5.10 Å². The molecular formula is C17H13ClF2N4S. The van der Waals surface area contributed by atoms with Crippen molar-refractivity contribution in [2.75, 3.05) is 10.6 Å². The van der Waals surface area contributed by atoms with Crippen LogP contribution in [0.3, 0.4) is 0 Å². The SMILES string of the molecule is Fc1cccc(NC(=S)Nc2ccn(Cc3c(F)cccc3Cl)n2)c1. The fourth-order valence-electron chi connectivity index (χ4n) is 2.21. The minimum Gasteiger partial charge on any atom is -0.332 e. The van der Waals surface area contributed by atoms with Crippen LogP contribution in [0.2, 0.25) is 5.02 Å². The van der Waals surface area contributed by atoms with Gasteiger partial charge in [0.2, 0.25) is 0 Å². The Labute approximate surface area is 153 Å². The van der Waals surface area contributed by atoms with Gasteiger partial charge in [-0.05, 0) is 42.5 Å². The van der Waals surface area contributed by atoms with Crippen molar-refractivity contribution in [3.63, 3.8) is 0 Å². The lowest BCUT2D eigenvalue weighted by Crippen LogP contribution is -2.19. The van der Waals surface area contributed by atoms with Gasteiger partial charge in [0.25, 0.3) is 0 Å². The second-order valence-electron chi connectivity index (χ2n) is 5.19. The summed E-state index contributed by atoms with van der Waals surface area (Å²) in [4.78, 5) is 0. The van der Waals surface area contributed by atoms with E-state index in [9.17, 15) is 8.78 Å². The van der Waals surface area contributed by atoms with Crippen LogP contribution in [-0.2, 0) is 6.54 Å². The number of rotatable bonds is 4. The van der Waals surface area contributed by atoms with Crippen LogP contribution >= 0.6 is 23.8 Å². The Kier molecular flexibility index (Phi) is 5.25. The van der Waals surface area contributed by atoms with Crippen molar-refractivity contribution in [1.29, 1.82) is 0 Å². The molecule has 4 nitrogen and oxygen atoms in total. The standard InChI is InChI=1S/C17H13ClF2N4S/c18-14-5-2-6-15(20)13(14)10-24-8-7-16(23-24)22-17(25)21-12-4-1-3-11(19)9-12/h1-9H,10H2,(H2,21,22,23,25). The minimum absolute atomic E-state index is 0.192. The lowest BCUT2D eigenvalue weighted by atomic mass is 10.2. The van der Waals surface area contributed by atoms with Gasteiger partial charge in [0.15, 0.2) is 10.9 Å². The first-order valence-corrected chi connectivity index (χ1v) is 8.10. The first kappa shape index (κ1) is 17.3. The molecule has 0 spiro atoms. The lowest BCUT2D eigenvalue weighted by molar-refractivity contribution is 0.586. The van der Waals surface area contributed by atoms with E-state index in [1.807, 2.05) is 0 Å². The van der Waals surface area contributed by atoms with E-state index in [2.05, 4.69) is 15.7 Å². The van der Waals surface area contributed by atoms with Crippen molar-refractivity contribution in [1.82, 2.24) is 9.78 Å². The fourth-order valence-corrected chi connectivity index (χ4v) is 2.65. The molecule has 1 aromatic heterocycles. The number of anilines is 2. The van der Waals surface area contributed by atoms with Crippen molar-refractivity contribution >= 4 is 40.4 Å². The minimum atomic E-state index is -0.388. The Morgan fingerprint density at radius 2 is 1.92 bits per heavy atom. The third-order valence-electron chi connectivity index (χ3n) is 3.35. The summed E-state index contributed by atoms with van der Waals surface area (Å²) < 4.78 is 28.5. The summed E-state index contributed by atoms with van der Waals surface area (Å²) in [5.74, 6) is -0.277. The molecule has 8 heteroatoms. The monoisotopic (exact) mass is 378 g/mol. The molecule has 0 aliphatic heterocycles. The van der Waals surface area contributed by atoms with Gasteiger partial charge < -0.3 is 10.6 Å². The molecule has 0 saturated carbocycles. The van der Waals surface area contributed by atoms with E-state index in [4.69, 9.17) is 23.8 Å². The van der Waals surface area contributed by atoms with Gasteiger partial charge in [0, 0.05) is 28.5 Å². The molecule has 3 aromatic rings. The normalized spacial score (nSPS) is 10.5. The number of hydrogen-bond acceptors (Lipinski definition) is 2. The third kappa shape index (κ3) is 4.52. The Hall–Kier alpha value is -2.51. The van der Waals surface area contributed by atoms with Crippen molar-refractivity contribution in [2.24, 2.45) is 0 Å². The first-order valence-electron chi connectivity index (χ1n) is 7.31. The van der Waals surface area contributed by atoms with Gasteiger partial charge in [0.05, 0.1) is 6.54 Å². The summed E-state index contributed by atoms with van der Waals surface area (Å²) in [7, 11) is 0. The fraction of sp³-hybridized carbons (Fsp3) is 0.0588. The van der Waals surface area contributed by atoms with Crippen LogP contribution in [-0.4, -0.2) is 14.9 Å². The number of halogens is 3.